The van der Waals surface area contributed by atoms with Gasteiger partial charge in [0.25, 0.3) is 0 Å². The van der Waals surface area contributed by atoms with Crippen molar-refractivity contribution in [1.82, 2.24) is 0 Å². The third-order valence-electron chi connectivity index (χ3n) is 4.86. The summed E-state index contributed by atoms with van der Waals surface area (Å²) in [5, 5.41) is 39.1. The van der Waals surface area contributed by atoms with Crippen molar-refractivity contribution in [2.24, 2.45) is 0 Å². The molecule has 8 nitrogen and oxygen atoms in total. The van der Waals surface area contributed by atoms with E-state index in [2.05, 4.69) is 0 Å². The largest absolute Gasteiger partial charge is 0.462 e. The van der Waals surface area contributed by atoms with Crippen LogP contribution in [0.15, 0.2) is 59.9 Å². The van der Waals surface area contributed by atoms with Gasteiger partial charge >= 0.3 is 0 Å². The number of ether oxygens (including phenoxy) is 3. The van der Waals surface area contributed by atoms with E-state index in [1.54, 1.807) is 36.4 Å². The minimum atomic E-state index is -1.52. The van der Waals surface area contributed by atoms with Gasteiger partial charge in [0.2, 0.25) is 6.29 Å². The molecule has 5 atom stereocenters. The van der Waals surface area contributed by atoms with Gasteiger partial charge in [-0.2, -0.15) is 0 Å². The molecule has 1 aromatic carbocycles. The molecule has 2 aliphatic heterocycles. The molecule has 1 saturated heterocycles. The molecule has 0 aromatic heterocycles. The summed E-state index contributed by atoms with van der Waals surface area (Å²) in [7, 11) is 0. The number of allylic oxidation sites excluding steroid dienone is 6. The van der Waals surface area contributed by atoms with E-state index < -0.39 is 37.3 Å². The molecule has 0 spiro atoms. The second-order valence-electron chi connectivity index (χ2n) is 6.84. The molecule has 1 aromatic rings. The zero-order chi connectivity index (χ0) is 20.5. The number of hydrogen-bond acceptors (Lipinski definition) is 8. The van der Waals surface area contributed by atoms with Crippen LogP contribution in [0.25, 0.3) is 6.08 Å². The maximum Gasteiger partial charge on any atom is 0.229 e. The van der Waals surface area contributed by atoms with Crippen molar-refractivity contribution in [2.75, 3.05) is 6.61 Å². The fourth-order valence-electron chi connectivity index (χ4n) is 3.21. The molecule has 4 N–H and O–H groups in total. The second-order valence-corrected chi connectivity index (χ2v) is 6.84. The van der Waals surface area contributed by atoms with Crippen molar-refractivity contribution in [3.05, 3.63) is 65.5 Å². The zero-order valence-electron chi connectivity index (χ0n) is 15.2. The first-order valence-corrected chi connectivity index (χ1v) is 9.08. The van der Waals surface area contributed by atoms with E-state index >= 15 is 0 Å². The number of rotatable bonds is 3. The minimum Gasteiger partial charge on any atom is -0.462 e. The van der Waals surface area contributed by atoms with Gasteiger partial charge < -0.3 is 34.6 Å². The maximum atomic E-state index is 11.3. The molecular weight excluding hydrogens is 380 g/mol. The highest BCUT2D eigenvalue weighted by molar-refractivity contribution is 6.01. The van der Waals surface area contributed by atoms with Crippen LogP contribution in [0.1, 0.15) is 5.56 Å². The Morgan fingerprint density at radius 2 is 1.69 bits per heavy atom. The predicted octanol–water partition coefficient (Wildman–Crippen LogP) is 0.220. The zero-order valence-corrected chi connectivity index (χ0v) is 15.2. The lowest BCUT2D eigenvalue weighted by Crippen LogP contribution is -2.60. The van der Waals surface area contributed by atoms with Gasteiger partial charge in [-0.25, -0.2) is 0 Å². The fourth-order valence-corrected chi connectivity index (χ4v) is 3.21. The van der Waals surface area contributed by atoms with E-state index in [-0.39, 0.29) is 5.78 Å². The van der Waals surface area contributed by atoms with E-state index in [0.29, 0.717) is 17.3 Å². The van der Waals surface area contributed by atoms with Crippen molar-refractivity contribution in [1.29, 1.82) is 0 Å². The molecule has 1 aliphatic carbocycles. The first-order valence-electron chi connectivity index (χ1n) is 9.08. The Bertz CT molecular complexity index is 909. The smallest absolute Gasteiger partial charge is 0.229 e. The van der Waals surface area contributed by atoms with Gasteiger partial charge in [-0.3, -0.25) is 4.79 Å². The Morgan fingerprint density at radius 1 is 0.931 bits per heavy atom. The van der Waals surface area contributed by atoms with Crippen molar-refractivity contribution >= 4 is 11.9 Å². The van der Waals surface area contributed by atoms with Crippen LogP contribution in [0.3, 0.4) is 0 Å². The highest BCUT2D eigenvalue weighted by atomic mass is 16.7. The van der Waals surface area contributed by atoms with E-state index in [9.17, 15) is 25.2 Å². The van der Waals surface area contributed by atoms with E-state index in [0.717, 1.165) is 11.1 Å². The number of benzene rings is 1. The number of carbonyl (C=O) groups is 1. The third kappa shape index (κ3) is 3.89. The van der Waals surface area contributed by atoms with Crippen LogP contribution in [0.2, 0.25) is 0 Å². The normalized spacial score (nSPS) is 30.9. The molecule has 0 bridgehead atoms. The van der Waals surface area contributed by atoms with Crippen molar-refractivity contribution in [2.45, 2.75) is 30.7 Å². The monoisotopic (exact) mass is 400 g/mol. The van der Waals surface area contributed by atoms with Gasteiger partial charge in [-0.15, -0.1) is 0 Å². The molecule has 4 rings (SSSR count). The fraction of sp³-hybridized carbons (Fsp3) is 0.286. The van der Waals surface area contributed by atoms with Crippen molar-refractivity contribution < 1.29 is 39.4 Å². The number of hydrogen-bond donors (Lipinski definition) is 4. The van der Waals surface area contributed by atoms with Gasteiger partial charge in [-0.05, 0) is 48.6 Å². The molecule has 0 saturated carbocycles. The molecule has 8 heteroatoms. The van der Waals surface area contributed by atoms with Crippen molar-refractivity contribution in [3.8, 4) is 11.5 Å². The van der Waals surface area contributed by atoms with Crippen LogP contribution in [0, 0.1) is 0 Å². The summed E-state index contributed by atoms with van der Waals surface area (Å²) in [5.74, 6) is 1.26. The van der Waals surface area contributed by atoms with E-state index in [4.69, 9.17) is 14.2 Å². The molecule has 3 aliphatic rings. The van der Waals surface area contributed by atoms with Crippen LogP contribution in [-0.4, -0.2) is 63.5 Å². The third-order valence-corrected chi connectivity index (χ3v) is 4.86. The number of aliphatic hydroxyl groups excluding tert-OH is 4. The summed E-state index contributed by atoms with van der Waals surface area (Å²) in [6.07, 6.45) is 3.07. The summed E-state index contributed by atoms with van der Waals surface area (Å²) < 4.78 is 16.9. The molecule has 0 unspecified atom stereocenters. The highest BCUT2D eigenvalue weighted by Crippen LogP contribution is 2.34. The van der Waals surface area contributed by atoms with Gasteiger partial charge in [0.05, 0.1) is 6.61 Å². The predicted molar refractivity (Wildman–Crippen MR) is 101 cm³/mol. The highest BCUT2D eigenvalue weighted by Gasteiger charge is 2.44. The lowest BCUT2D eigenvalue weighted by molar-refractivity contribution is -0.277. The summed E-state index contributed by atoms with van der Waals surface area (Å²) in [4.78, 5) is 11.3. The summed E-state index contributed by atoms with van der Waals surface area (Å²) in [6.45, 7) is -0.538. The van der Waals surface area contributed by atoms with Crippen LogP contribution >= 0.6 is 0 Å². The average molecular weight is 400 g/mol. The molecule has 152 valence electrons. The van der Waals surface area contributed by atoms with Crippen LogP contribution in [-0.2, 0) is 9.53 Å². The summed E-state index contributed by atoms with van der Waals surface area (Å²) in [6, 6.07) is 5.00. The van der Waals surface area contributed by atoms with E-state index in [1.807, 2.05) is 6.08 Å². The molecule has 2 heterocycles. The van der Waals surface area contributed by atoms with E-state index in [1.165, 1.54) is 12.2 Å². The average Bonchev–Trinajstić information content (AvgIpc) is 2.74. The minimum absolute atomic E-state index is 0.0928. The Morgan fingerprint density at radius 3 is 2.41 bits per heavy atom. The topological polar surface area (TPSA) is 126 Å². The Hall–Kier alpha value is -2.75. The van der Waals surface area contributed by atoms with Gasteiger partial charge in [0.15, 0.2) is 5.78 Å². The molecule has 0 amide bonds. The number of aliphatic hydroxyl groups is 4. The Kier molecular flexibility index (Phi) is 5.35. The summed E-state index contributed by atoms with van der Waals surface area (Å²) >= 11 is 0. The second kappa shape index (κ2) is 7.94. The number of carbonyl (C=O) groups excluding carboxylic acids is 1. The lowest BCUT2D eigenvalue weighted by atomic mass is 9.99. The first-order chi connectivity index (χ1) is 14.0. The standard InChI is InChI=1S/C21H20O8/c22-10-17-18(24)19(25)20(26)21(29-17)27-14-7-3-12-4-8-15(28-16(12)9-14)11-1-5-13(23)6-2-11/h1-9,17-22,24-26H,10H2/t17-,18-,19+,20-,21-/m1/s1. The first kappa shape index (κ1) is 19.6. The van der Waals surface area contributed by atoms with Crippen LogP contribution in [0.4, 0.5) is 0 Å². The SMILES string of the molecule is O=C1C=CC(=C2C=Cc3ccc(O[C@@H]4O[C@H](CO)[C@@H](O)[C@H](O)[C@H]4O)cc3O2)C=C1. The van der Waals surface area contributed by atoms with Crippen molar-refractivity contribution in [3.63, 3.8) is 0 Å². The molecule has 1 fully saturated rings. The van der Waals surface area contributed by atoms with Crippen LogP contribution in [0.5, 0.6) is 11.5 Å². The molecular formula is C21H20O8. The maximum absolute atomic E-state index is 11.3. The quantitative estimate of drug-likeness (QED) is 0.568. The Balaban J connectivity index is 1.54. The number of ketones is 1. The summed E-state index contributed by atoms with van der Waals surface area (Å²) in [5.41, 5.74) is 1.54. The lowest BCUT2D eigenvalue weighted by Gasteiger charge is -2.39. The van der Waals surface area contributed by atoms with Gasteiger partial charge in [0.1, 0.15) is 41.7 Å². The Labute approximate surface area is 166 Å². The molecule has 29 heavy (non-hydrogen) atoms. The molecule has 0 radical (unpaired) electrons. The van der Waals surface area contributed by atoms with Crippen LogP contribution < -0.4 is 9.47 Å². The van der Waals surface area contributed by atoms with Gasteiger partial charge in [0, 0.05) is 17.2 Å². The number of fused-ring (bicyclic) bond motifs is 1. The van der Waals surface area contributed by atoms with Gasteiger partial charge in [-0.1, -0.05) is 0 Å².